The van der Waals surface area contributed by atoms with E-state index in [1.54, 1.807) is 0 Å². The Hall–Kier alpha value is -1.19. The van der Waals surface area contributed by atoms with Crippen molar-refractivity contribution in [1.82, 2.24) is 0 Å². The van der Waals surface area contributed by atoms with Gasteiger partial charge in [-0.3, -0.25) is 0 Å². The zero-order valence-electron chi connectivity index (χ0n) is 4.60. The number of esters is 2. The van der Waals surface area contributed by atoms with Crippen LogP contribution in [0.2, 0.25) is 0 Å². The topological polar surface area (TPSA) is 43.4 Å². The summed E-state index contributed by atoms with van der Waals surface area (Å²) < 4.78 is 16.0. The number of halogens is 1. The summed E-state index contributed by atoms with van der Waals surface area (Å²) in [6.45, 7) is 1.20. The molecular formula is C5H3FO3. The van der Waals surface area contributed by atoms with Crippen LogP contribution in [0.4, 0.5) is 4.39 Å². The Morgan fingerprint density at radius 2 is 1.89 bits per heavy atom. The van der Waals surface area contributed by atoms with E-state index in [0.717, 1.165) is 0 Å². The van der Waals surface area contributed by atoms with Gasteiger partial charge in [0.25, 0.3) is 0 Å². The molecule has 0 fully saturated rings. The molecule has 0 aliphatic carbocycles. The fourth-order valence-electron chi connectivity index (χ4n) is 0.448. The van der Waals surface area contributed by atoms with Gasteiger partial charge in [0.15, 0.2) is 0 Å². The smallest absolute Gasteiger partial charge is 0.375 e. The van der Waals surface area contributed by atoms with E-state index in [9.17, 15) is 14.0 Å². The molecule has 0 aromatic carbocycles. The second-order valence-corrected chi connectivity index (χ2v) is 1.62. The third-order valence-corrected chi connectivity index (χ3v) is 1.00. The first-order chi connectivity index (χ1) is 4.13. The second-order valence-electron chi connectivity index (χ2n) is 1.62. The van der Waals surface area contributed by atoms with Crippen molar-refractivity contribution in [3.63, 3.8) is 0 Å². The molecule has 1 aliphatic rings. The maximum Gasteiger partial charge on any atom is 0.375 e. The Labute approximate surface area is 50.1 Å². The Morgan fingerprint density at radius 1 is 1.33 bits per heavy atom. The predicted octanol–water partition coefficient (Wildman–Crippen LogP) is 0.313. The van der Waals surface area contributed by atoms with Crippen LogP contribution in [0.5, 0.6) is 0 Å². The van der Waals surface area contributed by atoms with E-state index in [1.165, 1.54) is 6.92 Å². The van der Waals surface area contributed by atoms with Crippen LogP contribution in [0.15, 0.2) is 11.4 Å². The minimum atomic E-state index is -1.18. The molecule has 3 nitrogen and oxygen atoms in total. The highest BCUT2D eigenvalue weighted by molar-refractivity contribution is 6.10. The number of hydrogen-bond acceptors (Lipinski definition) is 3. The molecule has 0 saturated heterocycles. The number of rotatable bonds is 0. The van der Waals surface area contributed by atoms with Gasteiger partial charge in [-0.2, -0.15) is 4.39 Å². The van der Waals surface area contributed by atoms with Crippen molar-refractivity contribution < 1.29 is 18.7 Å². The monoisotopic (exact) mass is 130 g/mol. The summed E-state index contributed by atoms with van der Waals surface area (Å²) in [5, 5.41) is 0. The molecule has 0 atom stereocenters. The van der Waals surface area contributed by atoms with Crippen molar-refractivity contribution in [1.29, 1.82) is 0 Å². The number of hydrogen-bond donors (Lipinski definition) is 0. The second kappa shape index (κ2) is 1.65. The molecule has 0 unspecified atom stereocenters. The minimum absolute atomic E-state index is 0.250. The van der Waals surface area contributed by atoms with E-state index in [2.05, 4.69) is 4.74 Å². The lowest BCUT2D eigenvalue weighted by molar-refractivity contribution is -0.151. The maximum atomic E-state index is 12.1. The van der Waals surface area contributed by atoms with E-state index in [4.69, 9.17) is 0 Å². The zero-order valence-corrected chi connectivity index (χ0v) is 4.60. The van der Waals surface area contributed by atoms with Crippen LogP contribution in [0, 0.1) is 0 Å². The molecule has 0 N–H and O–H groups in total. The number of cyclic esters (lactones) is 2. The summed E-state index contributed by atoms with van der Waals surface area (Å²) in [4.78, 5) is 20.4. The van der Waals surface area contributed by atoms with Gasteiger partial charge in [0.1, 0.15) is 0 Å². The summed E-state index contributed by atoms with van der Waals surface area (Å²) in [6, 6.07) is 0. The van der Waals surface area contributed by atoms with E-state index in [1.807, 2.05) is 0 Å². The summed E-state index contributed by atoms with van der Waals surface area (Å²) in [6.07, 6.45) is 0. The van der Waals surface area contributed by atoms with Crippen molar-refractivity contribution in [2.24, 2.45) is 0 Å². The number of carbonyl (C=O) groups excluding carboxylic acids is 2. The molecule has 0 amide bonds. The normalized spacial score (nSPS) is 18.9. The van der Waals surface area contributed by atoms with Gasteiger partial charge >= 0.3 is 11.9 Å². The molecule has 0 spiro atoms. The largest absolute Gasteiger partial charge is 0.384 e. The standard InChI is InChI=1S/C5H3FO3/c1-2-3(6)5(8)9-4(2)7/h1H3. The van der Waals surface area contributed by atoms with Gasteiger partial charge in [-0.15, -0.1) is 0 Å². The van der Waals surface area contributed by atoms with Crippen LogP contribution in [-0.4, -0.2) is 11.9 Å². The van der Waals surface area contributed by atoms with Gasteiger partial charge in [0.05, 0.1) is 5.57 Å². The summed E-state index contributed by atoms with van der Waals surface area (Å²) in [5.41, 5.74) is -0.250. The maximum absolute atomic E-state index is 12.1. The fourth-order valence-corrected chi connectivity index (χ4v) is 0.448. The Kier molecular flexibility index (Phi) is 1.09. The van der Waals surface area contributed by atoms with Crippen LogP contribution in [0.1, 0.15) is 6.92 Å². The first-order valence-electron chi connectivity index (χ1n) is 2.26. The van der Waals surface area contributed by atoms with E-state index in [0.29, 0.717) is 0 Å². The van der Waals surface area contributed by atoms with Crippen molar-refractivity contribution >= 4 is 11.9 Å². The van der Waals surface area contributed by atoms with Gasteiger partial charge in [0.2, 0.25) is 5.83 Å². The molecule has 9 heavy (non-hydrogen) atoms. The third-order valence-electron chi connectivity index (χ3n) is 1.00. The lowest BCUT2D eigenvalue weighted by atomic mass is 10.3. The number of carbonyl (C=O) groups is 2. The molecule has 1 heterocycles. The third kappa shape index (κ3) is 0.718. The molecule has 0 saturated carbocycles. The van der Waals surface area contributed by atoms with E-state index in [-0.39, 0.29) is 5.57 Å². The summed E-state index contributed by atoms with van der Waals surface area (Å²) >= 11 is 0. The highest BCUT2D eigenvalue weighted by Crippen LogP contribution is 2.16. The van der Waals surface area contributed by atoms with Crippen molar-refractivity contribution in [2.45, 2.75) is 6.92 Å². The van der Waals surface area contributed by atoms with Crippen LogP contribution in [-0.2, 0) is 14.3 Å². The summed E-state index contributed by atoms with van der Waals surface area (Å²) in [5.74, 6) is -3.16. The van der Waals surface area contributed by atoms with Crippen LogP contribution in [0.25, 0.3) is 0 Å². The van der Waals surface area contributed by atoms with E-state index >= 15 is 0 Å². The van der Waals surface area contributed by atoms with Gasteiger partial charge in [-0.1, -0.05) is 0 Å². The average Bonchev–Trinajstić information content (AvgIpc) is 1.98. The SMILES string of the molecule is CC1=C(F)C(=O)OC1=O. The lowest BCUT2D eigenvalue weighted by Crippen LogP contribution is -2.00. The zero-order chi connectivity index (χ0) is 7.02. The van der Waals surface area contributed by atoms with Crippen LogP contribution < -0.4 is 0 Å². The van der Waals surface area contributed by atoms with Gasteiger partial charge < -0.3 is 4.74 Å². The van der Waals surface area contributed by atoms with Gasteiger partial charge in [0, 0.05) is 0 Å². The molecule has 0 aromatic rings. The number of ether oxygens (including phenoxy) is 1. The Bertz CT molecular complexity index is 194. The van der Waals surface area contributed by atoms with Gasteiger partial charge in [-0.25, -0.2) is 9.59 Å². The molecule has 0 radical (unpaired) electrons. The van der Waals surface area contributed by atoms with Crippen molar-refractivity contribution in [2.75, 3.05) is 0 Å². The molecule has 0 aromatic heterocycles. The first-order valence-corrected chi connectivity index (χ1v) is 2.26. The molecule has 48 valence electrons. The highest BCUT2D eigenvalue weighted by atomic mass is 19.1. The van der Waals surface area contributed by atoms with Crippen LogP contribution in [0.3, 0.4) is 0 Å². The Balaban J connectivity index is 3.06. The van der Waals surface area contributed by atoms with Crippen LogP contribution >= 0.6 is 0 Å². The lowest BCUT2D eigenvalue weighted by Gasteiger charge is -1.83. The molecule has 1 rings (SSSR count). The van der Waals surface area contributed by atoms with Gasteiger partial charge in [-0.05, 0) is 6.92 Å². The molecule has 1 aliphatic heterocycles. The summed E-state index contributed by atoms with van der Waals surface area (Å²) in [7, 11) is 0. The molecule has 4 heteroatoms. The molecular weight excluding hydrogens is 127 g/mol. The average molecular weight is 130 g/mol. The Morgan fingerprint density at radius 3 is 2.00 bits per heavy atom. The quantitative estimate of drug-likeness (QED) is 0.350. The van der Waals surface area contributed by atoms with E-state index < -0.39 is 17.8 Å². The minimum Gasteiger partial charge on any atom is -0.384 e. The van der Waals surface area contributed by atoms with Crippen molar-refractivity contribution in [3.05, 3.63) is 11.4 Å². The first kappa shape index (κ1) is 5.94. The highest BCUT2D eigenvalue weighted by Gasteiger charge is 2.29. The predicted molar refractivity (Wildman–Crippen MR) is 24.9 cm³/mol. The van der Waals surface area contributed by atoms with Crippen molar-refractivity contribution in [3.8, 4) is 0 Å². The molecule has 0 bridgehead atoms. The fraction of sp³-hybridized carbons (Fsp3) is 0.200.